The summed E-state index contributed by atoms with van der Waals surface area (Å²) in [6, 6.07) is 3.62. The van der Waals surface area contributed by atoms with Crippen LogP contribution in [0.25, 0.3) is 0 Å². The van der Waals surface area contributed by atoms with Crippen molar-refractivity contribution in [3.05, 3.63) is 24.2 Å². The van der Waals surface area contributed by atoms with E-state index < -0.39 is 0 Å². The molecule has 0 atom stereocenters. The Hall–Kier alpha value is -2.02. The molecule has 2 rings (SSSR count). The highest BCUT2D eigenvalue weighted by atomic mass is 16.5. The van der Waals surface area contributed by atoms with Crippen LogP contribution in [0.1, 0.15) is 31.4 Å². The van der Waals surface area contributed by atoms with E-state index in [4.69, 9.17) is 9.15 Å². The fraction of sp³-hybridized carbons (Fsp3) is 0.647. The van der Waals surface area contributed by atoms with E-state index in [1.165, 1.54) is 19.3 Å². The second-order valence-electron chi connectivity index (χ2n) is 6.23. The van der Waals surface area contributed by atoms with Gasteiger partial charge < -0.3 is 25.1 Å². The fourth-order valence-corrected chi connectivity index (χ4v) is 2.83. The molecule has 1 aliphatic rings. The maximum atomic E-state index is 11.9. The molecule has 1 aromatic heterocycles. The first-order chi connectivity index (χ1) is 11.7. The van der Waals surface area contributed by atoms with E-state index in [-0.39, 0.29) is 12.5 Å². The van der Waals surface area contributed by atoms with Crippen LogP contribution >= 0.6 is 0 Å². The summed E-state index contributed by atoms with van der Waals surface area (Å²) in [7, 11) is 3.44. The Morgan fingerprint density at radius 3 is 2.79 bits per heavy atom. The van der Waals surface area contributed by atoms with Crippen molar-refractivity contribution in [1.29, 1.82) is 0 Å². The van der Waals surface area contributed by atoms with Crippen molar-refractivity contribution >= 4 is 11.9 Å². The molecule has 1 aromatic rings. The lowest BCUT2D eigenvalue weighted by Crippen LogP contribution is -2.48. The topological polar surface area (TPSA) is 87.9 Å². The van der Waals surface area contributed by atoms with Crippen LogP contribution < -0.4 is 16.0 Å². The highest BCUT2D eigenvalue weighted by Gasteiger charge is 2.36. The van der Waals surface area contributed by atoms with Crippen LogP contribution in [0.5, 0.6) is 0 Å². The summed E-state index contributed by atoms with van der Waals surface area (Å²) in [6.45, 7) is 2.19. The number of nitrogens with zero attached hydrogens (tertiary/aromatic N) is 1. The molecule has 0 radical (unpaired) electrons. The maximum absolute atomic E-state index is 11.9. The number of aliphatic imine (C=N–C) groups is 1. The van der Waals surface area contributed by atoms with Gasteiger partial charge in [-0.3, -0.25) is 9.79 Å². The number of ether oxygens (including phenoxy) is 1. The number of amides is 1. The van der Waals surface area contributed by atoms with Crippen molar-refractivity contribution in [2.24, 2.45) is 10.4 Å². The van der Waals surface area contributed by atoms with Gasteiger partial charge in [0.1, 0.15) is 5.76 Å². The quantitative estimate of drug-likeness (QED) is 0.467. The van der Waals surface area contributed by atoms with E-state index in [1.54, 1.807) is 26.5 Å². The number of furan rings is 1. The fourth-order valence-electron chi connectivity index (χ4n) is 2.83. The molecule has 0 aliphatic heterocycles. The first-order valence-electron chi connectivity index (χ1n) is 8.40. The molecular weight excluding hydrogens is 308 g/mol. The number of methoxy groups -OCH3 is 1. The zero-order valence-corrected chi connectivity index (χ0v) is 14.6. The lowest BCUT2D eigenvalue weighted by molar-refractivity contribution is -0.120. The molecule has 0 bridgehead atoms. The molecule has 0 unspecified atom stereocenters. The summed E-state index contributed by atoms with van der Waals surface area (Å²) in [5, 5.41) is 9.16. The minimum Gasteiger partial charge on any atom is -0.467 e. The van der Waals surface area contributed by atoms with Crippen LogP contribution in [-0.2, 0) is 16.1 Å². The number of carbonyl (C=O) groups excluding carboxylic acids is 1. The summed E-state index contributed by atoms with van der Waals surface area (Å²) >= 11 is 0. The SMILES string of the molecule is CN=C(NCC(=O)NCc1ccco1)NCC1(CCOC)CCC1. The van der Waals surface area contributed by atoms with Crippen molar-refractivity contribution in [1.82, 2.24) is 16.0 Å². The molecule has 1 aliphatic carbocycles. The van der Waals surface area contributed by atoms with Gasteiger partial charge in [-0.1, -0.05) is 6.42 Å². The van der Waals surface area contributed by atoms with Gasteiger partial charge in [-0.25, -0.2) is 0 Å². The first kappa shape index (κ1) is 18.3. The molecule has 0 spiro atoms. The van der Waals surface area contributed by atoms with Gasteiger partial charge in [-0.15, -0.1) is 0 Å². The van der Waals surface area contributed by atoms with Gasteiger partial charge in [0.2, 0.25) is 5.91 Å². The van der Waals surface area contributed by atoms with Crippen molar-refractivity contribution in [2.75, 3.05) is 33.9 Å². The summed E-state index contributed by atoms with van der Waals surface area (Å²) in [5.41, 5.74) is 0.301. The third-order valence-electron chi connectivity index (χ3n) is 4.56. The maximum Gasteiger partial charge on any atom is 0.239 e. The van der Waals surface area contributed by atoms with Crippen LogP contribution in [0.4, 0.5) is 0 Å². The summed E-state index contributed by atoms with van der Waals surface area (Å²) < 4.78 is 10.4. The number of guanidine groups is 1. The van der Waals surface area contributed by atoms with Crippen LogP contribution in [0.3, 0.4) is 0 Å². The minimum absolute atomic E-state index is 0.105. The highest BCUT2D eigenvalue weighted by molar-refractivity contribution is 5.86. The molecule has 7 heteroatoms. The molecule has 1 fully saturated rings. The van der Waals surface area contributed by atoms with Gasteiger partial charge in [0, 0.05) is 27.3 Å². The summed E-state index contributed by atoms with van der Waals surface area (Å²) in [5.74, 6) is 1.27. The van der Waals surface area contributed by atoms with E-state index in [0.717, 1.165) is 25.3 Å². The van der Waals surface area contributed by atoms with E-state index in [0.29, 0.717) is 17.9 Å². The molecule has 24 heavy (non-hydrogen) atoms. The molecule has 0 aromatic carbocycles. The smallest absolute Gasteiger partial charge is 0.239 e. The molecule has 7 nitrogen and oxygen atoms in total. The molecule has 1 heterocycles. The average Bonchev–Trinajstić information content (AvgIpc) is 3.07. The Bertz CT molecular complexity index is 524. The Kier molecular flexibility index (Phi) is 7.11. The number of rotatable bonds is 9. The minimum atomic E-state index is -0.105. The number of hydrogen-bond acceptors (Lipinski definition) is 4. The molecular formula is C17H28N4O3. The van der Waals surface area contributed by atoms with Crippen molar-refractivity contribution in [3.63, 3.8) is 0 Å². The number of hydrogen-bond donors (Lipinski definition) is 3. The monoisotopic (exact) mass is 336 g/mol. The van der Waals surface area contributed by atoms with Gasteiger partial charge in [-0.05, 0) is 36.8 Å². The third kappa shape index (κ3) is 5.56. The van der Waals surface area contributed by atoms with E-state index in [1.807, 2.05) is 6.07 Å². The van der Waals surface area contributed by atoms with Crippen molar-refractivity contribution in [2.45, 2.75) is 32.2 Å². The largest absolute Gasteiger partial charge is 0.467 e. The Morgan fingerprint density at radius 2 is 2.21 bits per heavy atom. The Balaban J connectivity index is 1.67. The predicted octanol–water partition coefficient (Wildman–Crippen LogP) is 1.27. The zero-order chi connectivity index (χ0) is 17.3. The second-order valence-corrected chi connectivity index (χ2v) is 6.23. The van der Waals surface area contributed by atoms with Crippen LogP contribution in [0.15, 0.2) is 27.8 Å². The van der Waals surface area contributed by atoms with Crippen LogP contribution in [0, 0.1) is 5.41 Å². The van der Waals surface area contributed by atoms with E-state index >= 15 is 0 Å². The van der Waals surface area contributed by atoms with Crippen LogP contribution in [-0.4, -0.2) is 45.7 Å². The van der Waals surface area contributed by atoms with E-state index in [2.05, 4.69) is 20.9 Å². The first-order valence-corrected chi connectivity index (χ1v) is 8.40. The molecule has 3 N–H and O–H groups in total. The molecule has 1 saturated carbocycles. The molecule has 134 valence electrons. The normalized spacial score (nSPS) is 16.3. The zero-order valence-electron chi connectivity index (χ0n) is 14.6. The number of nitrogens with one attached hydrogen (secondary N) is 3. The van der Waals surface area contributed by atoms with Gasteiger partial charge >= 0.3 is 0 Å². The number of carbonyl (C=O) groups is 1. The molecule has 0 saturated heterocycles. The second kappa shape index (κ2) is 9.32. The standard InChI is InChI=1S/C17H28N4O3/c1-18-16(21-13-17(6-4-7-17)8-10-23-2)20-12-15(22)19-11-14-5-3-9-24-14/h3,5,9H,4,6-8,10-13H2,1-2H3,(H,19,22)(H2,18,20,21). The predicted molar refractivity (Wildman–Crippen MR) is 92.7 cm³/mol. The highest BCUT2D eigenvalue weighted by Crippen LogP contribution is 2.43. The van der Waals surface area contributed by atoms with Gasteiger partial charge in [0.15, 0.2) is 5.96 Å². The summed E-state index contributed by atoms with van der Waals surface area (Å²) in [6.07, 6.45) is 6.34. The summed E-state index contributed by atoms with van der Waals surface area (Å²) in [4.78, 5) is 16.0. The van der Waals surface area contributed by atoms with Gasteiger partial charge in [0.25, 0.3) is 0 Å². The average molecular weight is 336 g/mol. The van der Waals surface area contributed by atoms with Crippen molar-refractivity contribution in [3.8, 4) is 0 Å². The van der Waals surface area contributed by atoms with Crippen LogP contribution in [0.2, 0.25) is 0 Å². The van der Waals surface area contributed by atoms with Gasteiger partial charge in [0.05, 0.1) is 19.4 Å². The van der Waals surface area contributed by atoms with Crippen molar-refractivity contribution < 1.29 is 13.9 Å². The lowest BCUT2D eigenvalue weighted by atomic mass is 9.67. The third-order valence-corrected chi connectivity index (χ3v) is 4.56. The Morgan fingerprint density at radius 1 is 1.38 bits per heavy atom. The molecule has 1 amide bonds. The Labute approximate surface area is 143 Å². The lowest BCUT2D eigenvalue weighted by Gasteiger charge is -2.42. The van der Waals surface area contributed by atoms with Gasteiger partial charge in [-0.2, -0.15) is 0 Å². The van der Waals surface area contributed by atoms with E-state index in [9.17, 15) is 4.79 Å².